The lowest BCUT2D eigenvalue weighted by atomic mass is 9.95. The number of thiazole rings is 1. The van der Waals surface area contributed by atoms with E-state index in [9.17, 15) is 9.59 Å². The van der Waals surface area contributed by atoms with E-state index in [0.717, 1.165) is 19.2 Å². The average molecular weight is 842 g/mol. The molecule has 0 saturated carbocycles. The van der Waals surface area contributed by atoms with Gasteiger partial charge in [0.05, 0.1) is 36.6 Å². The van der Waals surface area contributed by atoms with E-state index in [4.69, 9.17) is 37.4 Å². The number of fused-ring (bicyclic) bond motifs is 1. The van der Waals surface area contributed by atoms with Crippen LogP contribution in [0.15, 0.2) is 80.1 Å². The highest BCUT2D eigenvalue weighted by Crippen LogP contribution is 2.37. The maximum Gasteiger partial charge on any atom is 0.338 e. The highest BCUT2D eigenvalue weighted by molar-refractivity contribution is 14.1. The third-order valence-corrected chi connectivity index (χ3v) is 9.76. The Bertz CT molecular complexity index is 1980. The number of rotatable bonds is 9. The molecule has 1 aliphatic rings. The minimum atomic E-state index is -0.778. The lowest BCUT2D eigenvalue weighted by Crippen LogP contribution is -2.40. The van der Waals surface area contributed by atoms with Gasteiger partial charge < -0.3 is 14.2 Å². The largest absolute Gasteiger partial charge is 0.491 e. The Morgan fingerprint density at radius 2 is 1.93 bits per heavy atom. The van der Waals surface area contributed by atoms with Gasteiger partial charge in [-0.2, -0.15) is 0 Å². The fraction of sp³-hybridized carbons (Fsp3) is 0.242. The van der Waals surface area contributed by atoms with Crippen molar-refractivity contribution in [3.05, 3.63) is 120 Å². The molecule has 0 radical (unpaired) electrons. The molecule has 0 bridgehead atoms. The molecule has 0 aliphatic carbocycles. The van der Waals surface area contributed by atoms with E-state index in [-0.39, 0.29) is 24.9 Å². The molecule has 0 spiro atoms. The predicted molar refractivity (Wildman–Crippen MR) is 190 cm³/mol. The molecule has 12 heteroatoms. The van der Waals surface area contributed by atoms with E-state index >= 15 is 0 Å². The molecule has 7 nitrogen and oxygen atoms in total. The molecule has 2 heterocycles. The number of esters is 1. The summed E-state index contributed by atoms with van der Waals surface area (Å²) < 4.78 is 21.2. The molecule has 0 fully saturated rings. The summed E-state index contributed by atoms with van der Waals surface area (Å²) in [7, 11) is 0. The Kier molecular flexibility index (Phi) is 10.8. The van der Waals surface area contributed by atoms with Crippen molar-refractivity contribution in [1.82, 2.24) is 4.57 Å². The van der Waals surface area contributed by atoms with Gasteiger partial charge in [0, 0.05) is 21.2 Å². The van der Waals surface area contributed by atoms with E-state index in [2.05, 4.69) is 43.5 Å². The minimum Gasteiger partial charge on any atom is -0.491 e. The van der Waals surface area contributed by atoms with Crippen molar-refractivity contribution >= 4 is 85.1 Å². The van der Waals surface area contributed by atoms with Gasteiger partial charge in [0.25, 0.3) is 5.56 Å². The van der Waals surface area contributed by atoms with Gasteiger partial charge in [-0.15, -0.1) is 0 Å². The monoisotopic (exact) mass is 840 g/mol. The number of ether oxygens (including phenoxy) is 3. The van der Waals surface area contributed by atoms with Gasteiger partial charge in [0.1, 0.15) is 24.1 Å². The van der Waals surface area contributed by atoms with E-state index in [0.29, 0.717) is 47.7 Å². The van der Waals surface area contributed by atoms with E-state index in [1.54, 1.807) is 30.5 Å². The third-order valence-electron chi connectivity index (χ3n) is 6.80. The molecule has 1 aliphatic heterocycles. The first kappa shape index (κ1) is 33.7. The Balaban J connectivity index is 1.58. The molecular formula is C33H28BrCl2IN2O5S. The summed E-state index contributed by atoms with van der Waals surface area (Å²) >= 11 is 19.4. The Hall–Kier alpha value is -2.64. The van der Waals surface area contributed by atoms with Crippen molar-refractivity contribution in [2.24, 2.45) is 4.99 Å². The minimum absolute atomic E-state index is 0.117. The number of halogens is 4. The molecule has 4 aromatic rings. The molecule has 1 aromatic heterocycles. The molecule has 45 heavy (non-hydrogen) atoms. The summed E-state index contributed by atoms with van der Waals surface area (Å²) in [5.41, 5.74) is 2.79. The van der Waals surface area contributed by atoms with Gasteiger partial charge in [-0.25, -0.2) is 9.79 Å². The van der Waals surface area contributed by atoms with Crippen LogP contribution in [0.25, 0.3) is 6.08 Å². The fourth-order valence-corrected chi connectivity index (χ4v) is 8.17. The molecule has 0 amide bonds. The second-order valence-electron chi connectivity index (χ2n) is 10.3. The lowest BCUT2D eigenvalue weighted by molar-refractivity contribution is -0.139. The standard InChI is InChI=1S/C33H28BrCl2IN2O5S/c1-5-42-32(41)28-18(4)38-33-39(29(28)22-8-6-7-9-26(22)44-17(2)3)31(40)27(45-33)14-19-12-23(34)30(25(37)13-19)43-16-20-10-11-21(35)15-24(20)36/h6-15,17,29H,5,16H2,1-4H3/b27-14+/t29-/m1/s1. The van der Waals surface area contributed by atoms with Gasteiger partial charge >= 0.3 is 5.97 Å². The number of nitrogens with zero attached hydrogens (tertiary/aromatic N) is 2. The summed E-state index contributed by atoms with van der Waals surface area (Å²) in [6, 6.07) is 15.7. The van der Waals surface area contributed by atoms with Gasteiger partial charge in [0.2, 0.25) is 0 Å². The molecule has 5 rings (SSSR count). The maximum atomic E-state index is 14.1. The normalized spacial score (nSPS) is 14.8. The van der Waals surface area contributed by atoms with E-state index in [1.807, 2.05) is 62.4 Å². The quantitative estimate of drug-likeness (QED) is 0.127. The number of para-hydroxylation sites is 1. The first-order valence-electron chi connectivity index (χ1n) is 14.0. The molecule has 0 saturated heterocycles. The molecule has 3 aromatic carbocycles. The number of hydrogen-bond donors (Lipinski definition) is 0. The maximum absolute atomic E-state index is 14.1. The fourth-order valence-electron chi connectivity index (χ4n) is 4.89. The second kappa shape index (κ2) is 14.4. The number of benzene rings is 3. The van der Waals surface area contributed by atoms with Gasteiger partial charge in [-0.3, -0.25) is 9.36 Å². The van der Waals surface area contributed by atoms with Gasteiger partial charge in [-0.1, -0.05) is 58.8 Å². The van der Waals surface area contributed by atoms with E-state index in [1.165, 1.54) is 11.3 Å². The number of carbonyl (C=O) groups is 1. The van der Waals surface area contributed by atoms with Gasteiger partial charge in [-0.05, 0) is 108 Å². The van der Waals surface area contributed by atoms with Crippen LogP contribution in [0.4, 0.5) is 0 Å². The van der Waals surface area contributed by atoms with Crippen LogP contribution in [0.2, 0.25) is 10.0 Å². The van der Waals surface area contributed by atoms with Crippen LogP contribution in [-0.4, -0.2) is 23.2 Å². The summed E-state index contributed by atoms with van der Waals surface area (Å²) in [5.74, 6) is 0.709. The first-order valence-corrected chi connectivity index (χ1v) is 17.4. The van der Waals surface area contributed by atoms with E-state index < -0.39 is 12.0 Å². The number of hydrogen-bond acceptors (Lipinski definition) is 7. The summed E-state index contributed by atoms with van der Waals surface area (Å²) in [6.45, 7) is 7.81. The van der Waals surface area contributed by atoms with Crippen LogP contribution >= 0.6 is 73.1 Å². The number of carbonyl (C=O) groups excluding carboxylic acids is 1. The zero-order chi connectivity index (χ0) is 32.4. The van der Waals surface area contributed by atoms with Crippen LogP contribution in [0.5, 0.6) is 11.5 Å². The van der Waals surface area contributed by atoms with Crippen molar-refractivity contribution in [3.8, 4) is 11.5 Å². The van der Waals surface area contributed by atoms with Crippen molar-refractivity contribution in [3.63, 3.8) is 0 Å². The van der Waals surface area contributed by atoms with Crippen LogP contribution < -0.4 is 24.4 Å². The average Bonchev–Trinajstić information content (AvgIpc) is 3.26. The number of allylic oxidation sites excluding steroid dienone is 1. The topological polar surface area (TPSA) is 79.1 Å². The Morgan fingerprint density at radius 1 is 1.18 bits per heavy atom. The van der Waals surface area contributed by atoms with Crippen molar-refractivity contribution in [2.45, 2.75) is 46.4 Å². The van der Waals surface area contributed by atoms with Crippen LogP contribution in [-0.2, 0) is 16.1 Å². The summed E-state index contributed by atoms with van der Waals surface area (Å²) in [6.07, 6.45) is 1.70. The zero-order valence-corrected chi connectivity index (χ0v) is 30.8. The lowest BCUT2D eigenvalue weighted by Gasteiger charge is -2.26. The van der Waals surface area contributed by atoms with Crippen molar-refractivity contribution in [1.29, 1.82) is 0 Å². The van der Waals surface area contributed by atoms with Crippen LogP contribution in [0.3, 0.4) is 0 Å². The summed E-state index contributed by atoms with van der Waals surface area (Å²) in [5, 5.41) is 1.08. The zero-order valence-electron chi connectivity index (χ0n) is 24.7. The SMILES string of the molecule is CCOC(=O)C1=C(C)N=c2s/c(=C/c3cc(Br)c(OCc4ccc(Cl)cc4Cl)c(I)c3)c(=O)n2[C@@H]1c1ccccc1OC(C)C. The molecular weight excluding hydrogens is 814 g/mol. The molecule has 234 valence electrons. The van der Waals surface area contributed by atoms with Crippen LogP contribution in [0.1, 0.15) is 50.4 Å². The highest BCUT2D eigenvalue weighted by atomic mass is 127. The van der Waals surface area contributed by atoms with Crippen LogP contribution in [0, 0.1) is 3.57 Å². The molecule has 0 unspecified atom stereocenters. The molecule has 0 N–H and O–H groups in total. The Morgan fingerprint density at radius 3 is 2.62 bits per heavy atom. The highest BCUT2D eigenvalue weighted by Gasteiger charge is 2.35. The predicted octanol–water partition coefficient (Wildman–Crippen LogP) is 7.84. The van der Waals surface area contributed by atoms with Crippen molar-refractivity contribution in [2.75, 3.05) is 6.61 Å². The Labute approximate surface area is 296 Å². The van der Waals surface area contributed by atoms with Gasteiger partial charge in [0.15, 0.2) is 4.80 Å². The first-order chi connectivity index (χ1) is 21.5. The second-order valence-corrected chi connectivity index (χ2v) is 14.2. The van der Waals surface area contributed by atoms with Crippen molar-refractivity contribution < 1.29 is 19.0 Å². The summed E-state index contributed by atoms with van der Waals surface area (Å²) in [4.78, 5) is 32.6. The smallest absolute Gasteiger partial charge is 0.338 e. The third kappa shape index (κ3) is 7.35. The molecule has 1 atom stereocenters. The number of aromatic nitrogens is 1.